The van der Waals surface area contributed by atoms with E-state index in [0.29, 0.717) is 13.0 Å². The molecule has 1 unspecified atom stereocenters. The fourth-order valence-corrected chi connectivity index (χ4v) is 4.74. The number of carboxylic acid groups (broad SMARTS) is 1. The molecule has 0 aromatic heterocycles. The van der Waals surface area contributed by atoms with Crippen LogP contribution in [0, 0.1) is 5.41 Å². The summed E-state index contributed by atoms with van der Waals surface area (Å²) in [5.74, 6) is -2.20. The second-order valence-electron chi connectivity index (χ2n) is 9.71. The molecule has 200 valence electrons. The van der Waals surface area contributed by atoms with Gasteiger partial charge in [0.15, 0.2) is 0 Å². The number of halogens is 3. The Morgan fingerprint density at radius 1 is 1.11 bits per heavy atom. The Bertz CT molecular complexity index is 932. The maximum Gasteiger partial charge on any atom is 0.490 e. The predicted molar refractivity (Wildman–Crippen MR) is 122 cm³/mol. The summed E-state index contributed by atoms with van der Waals surface area (Å²) < 4.78 is 37.9. The number of hydrogen-bond acceptors (Lipinski definition) is 6. The van der Waals surface area contributed by atoms with Crippen LogP contribution in [0.1, 0.15) is 24.8 Å². The van der Waals surface area contributed by atoms with E-state index < -0.39 is 12.1 Å². The molecular weight excluding hydrogens is 483 g/mol. The molecule has 2 amide bonds. The number of carboxylic acids is 1. The molecule has 1 atom stereocenters. The van der Waals surface area contributed by atoms with E-state index in [0.717, 1.165) is 64.2 Å². The monoisotopic (exact) mass is 515 g/mol. The highest BCUT2D eigenvalue weighted by atomic mass is 19.4. The average Bonchev–Trinajstić information content (AvgIpc) is 3.19. The Morgan fingerprint density at radius 2 is 1.72 bits per heavy atom. The minimum absolute atomic E-state index is 0.150. The molecule has 3 aliphatic heterocycles. The van der Waals surface area contributed by atoms with E-state index in [1.165, 1.54) is 0 Å². The first-order chi connectivity index (χ1) is 16.9. The molecule has 12 heteroatoms. The lowest BCUT2D eigenvalue weighted by Crippen LogP contribution is -2.50. The van der Waals surface area contributed by atoms with Gasteiger partial charge in [0.1, 0.15) is 5.75 Å². The van der Waals surface area contributed by atoms with Gasteiger partial charge in [-0.05, 0) is 42.4 Å². The zero-order valence-corrected chi connectivity index (χ0v) is 20.2. The second-order valence-corrected chi connectivity index (χ2v) is 9.71. The number of phenols is 1. The number of benzene rings is 1. The number of hydrogen-bond donors (Lipinski definition) is 2. The maximum absolute atomic E-state index is 12.6. The van der Waals surface area contributed by atoms with Gasteiger partial charge < -0.3 is 24.7 Å². The van der Waals surface area contributed by atoms with E-state index in [-0.39, 0.29) is 29.1 Å². The second kappa shape index (κ2) is 11.5. The van der Waals surface area contributed by atoms with Crippen LogP contribution in [0.2, 0.25) is 0 Å². The van der Waals surface area contributed by atoms with Gasteiger partial charge in [-0.1, -0.05) is 12.1 Å². The van der Waals surface area contributed by atoms with E-state index in [9.17, 15) is 27.9 Å². The van der Waals surface area contributed by atoms with Gasteiger partial charge in [0.05, 0.1) is 25.7 Å². The third-order valence-electron chi connectivity index (χ3n) is 6.99. The molecule has 0 bridgehead atoms. The molecule has 0 saturated carbocycles. The van der Waals surface area contributed by atoms with E-state index in [4.69, 9.17) is 14.6 Å². The molecule has 0 aliphatic carbocycles. The summed E-state index contributed by atoms with van der Waals surface area (Å²) in [4.78, 5) is 39.4. The van der Waals surface area contributed by atoms with E-state index in [1.807, 2.05) is 11.9 Å². The number of phenolic OH excluding ortho intramolecular Hbond substituents is 1. The van der Waals surface area contributed by atoms with Gasteiger partial charge in [-0.2, -0.15) is 13.2 Å². The minimum atomic E-state index is -5.08. The van der Waals surface area contributed by atoms with Crippen molar-refractivity contribution in [3.8, 4) is 5.75 Å². The molecule has 3 fully saturated rings. The standard InChI is InChI=1S/C22H31N3O4.C2HF3O2/c1-23-10-11-24(15-21(23)28)14-19-13-22(16-29-19)6-8-25(9-7-22)20(27)12-17-2-4-18(26)5-3-17;3-2(4,5)1(6)7/h2-5,19,26H,6-16H2,1H3;(H,6,7). The Labute approximate surface area is 207 Å². The van der Waals surface area contributed by atoms with Crippen molar-refractivity contribution in [2.24, 2.45) is 5.41 Å². The van der Waals surface area contributed by atoms with Crippen LogP contribution >= 0.6 is 0 Å². The topological polar surface area (TPSA) is 111 Å². The number of likely N-dealkylation sites (tertiary alicyclic amines) is 1. The van der Waals surface area contributed by atoms with Crippen molar-refractivity contribution < 1.29 is 42.5 Å². The first-order valence-corrected chi connectivity index (χ1v) is 11.8. The van der Waals surface area contributed by atoms with Crippen LogP contribution < -0.4 is 0 Å². The molecule has 3 aliphatic rings. The smallest absolute Gasteiger partial charge is 0.490 e. The van der Waals surface area contributed by atoms with Crippen LogP contribution in [0.3, 0.4) is 0 Å². The van der Waals surface area contributed by atoms with Crippen molar-refractivity contribution >= 4 is 17.8 Å². The highest BCUT2D eigenvalue weighted by Gasteiger charge is 2.43. The SMILES string of the molecule is CN1CCN(CC2CC3(CCN(C(=O)Cc4ccc(O)cc4)CC3)CO2)CC1=O.O=C(O)C(F)(F)F. The van der Waals surface area contributed by atoms with Crippen LogP contribution in [0.25, 0.3) is 0 Å². The van der Waals surface area contributed by atoms with Gasteiger partial charge in [0.25, 0.3) is 0 Å². The fourth-order valence-electron chi connectivity index (χ4n) is 4.74. The van der Waals surface area contributed by atoms with E-state index >= 15 is 0 Å². The molecule has 9 nitrogen and oxygen atoms in total. The summed E-state index contributed by atoms with van der Waals surface area (Å²) in [6, 6.07) is 6.85. The van der Waals surface area contributed by atoms with Crippen molar-refractivity contribution in [2.45, 2.75) is 38.0 Å². The molecule has 3 saturated heterocycles. The van der Waals surface area contributed by atoms with Gasteiger partial charge in [-0.25, -0.2) is 4.79 Å². The fraction of sp³-hybridized carbons (Fsp3) is 0.625. The molecule has 4 rings (SSSR count). The molecule has 3 heterocycles. The average molecular weight is 516 g/mol. The number of ether oxygens (including phenoxy) is 1. The summed E-state index contributed by atoms with van der Waals surface area (Å²) in [5, 5.41) is 16.5. The van der Waals surface area contributed by atoms with E-state index in [2.05, 4.69) is 4.90 Å². The van der Waals surface area contributed by atoms with E-state index in [1.54, 1.807) is 29.2 Å². The van der Waals surface area contributed by atoms with Crippen molar-refractivity contribution in [1.29, 1.82) is 0 Å². The number of carbonyl (C=O) groups is 3. The summed E-state index contributed by atoms with van der Waals surface area (Å²) in [6.07, 6.45) is -1.54. The highest BCUT2D eigenvalue weighted by Crippen LogP contribution is 2.42. The summed E-state index contributed by atoms with van der Waals surface area (Å²) >= 11 is 0. The van der Waals surface area contributed by atoms with Crippen molar-refractivity contribution in [2.75, 3.05) is 52.9 Å². The van der Waals surface area contributed by atoms with Crippen LogP contribution in [0.4, 0.5) is 13.2 Å². The number of alkyl halides is 3. The third-order valence-corrected chi connectivity index (χ3v) is 6.99. The number of piperidine rings is 1. The maximum atomic E-state index is 12.6. The Hall–Kier alpha value is -2.86. The first kappa shape index (κ1) is 27.7. The highest BCUT2D eigenvalue weighted by molar-refractivity contribution is 5.79. The van der Waals surface area contributed by atoms with Gasteiger partial charge in [0, 0.05) is 39.8 Å². The number of amides is 2. The summed E-state index contributed by atoms with van der Waals surface area (Å²) in [5.41, 5.74) is 1.11. The predicted octanol–water partition coefficient (Wildman–Crippen LogP) is 1.74. The number of aromatic hydroxyl groups is 1. The normalized spacial score (nSPS) is 22.3. The molecule has 1 aromatic carbocycles. The zero-order valence-electron chi connectivity index (χ0n) is 20.2. The number of aliphatic carboxylic acids is 1. The zero-order chi connectivity index (χ0) is 26.5. The van der Waals surface area contributed by atoms with Crippen molar-refractivity contribution in [3.05, 3.63) is 29.8 Å². The number of nitrogens with zero attached hydrogens (tertiary/aromatic N) is 3. The van der Waals surface area contributed by atoms with Gasteiger partial charge in [-0.3, -0.25) is 14.5 Å². The van der Waals surface area contributed by atoms with Gasteiger partial charge >= 0.3 is 12.1 Å². The van der Waals surface area contributed by atoms with Crippen LogP contribution in [-0.4, -0.2) is 108 Å². The van der Waals surface area contributed by atoms with Gasteiger partial charge in [-0.15, -0.1) is 0 Å². The Morgan fingerprint density at radius 3 is 2.28 bits per heavy atom. The van der Waals surface area contributed by atoms with Crippen LogP contribution in [-0.2, 0) is 25.5 Å². The number of rotatable bonds is 4. The lowest BCUT2D eigenvalue weighted by Gasteiger charge is -2.39. The Kier molecular flexibility index (Phi) is 8.83. The third kappa shape index (κ3) is 7.57. The number of piperazine rings is 1. The molecule has 36 heavy (non-hydrogen) atoms. The lowest BCUT2D eigenvalue weighted by molar-refractivity contribution is -0.192. The minimum Gasteiger partial charge on any atom is -0.508 e. The van der Waals surface area contributed by atoms with Crippen LogP contribution in [0.15, 0.2) is 24.3 Å². The number of carbonyl (C=O) groups excluding carboxylic acids is 2. The van der Waals surface area contributed by atoms with Crippen LogP contribution in [0.5, 0.6) is 5.75 Å². The van der Waals surface area contributed by atoms with Crippen molar-refractivity contribution in [3.63, 3.8) is 0 Å². The quantitative estimate of drug-likeness (QED) is 0.629. The lowest BCUT2D eigenvalue weighted by atomic mass is 9.76. The molecule has 1 spiro atoms. The molecular formula is C24H32F3N3O6. The first-order valence-electron chi connectivity index (χ1n) is 11.8. The molecule has 1 aromatic rings. The number of likely N-dealkylation sites (N-methyl/N-ethyl adjacent to an activating group) is 1. The van der Waals surface area contributed by atoms with Crippen molar-refractivity contribution in [1.82, 2.24) is 14.7 Å². The Balaban J connectivity index is 0.000000454. The molecule has 0 radical (unpaired) electrons. The summed E-state index contributed by atoms with van der Waals surface area (Å²) in [7, 11) is 1.86. The summed E-state index contributed by atoms with van der Waals surface area (Å²) in [6.45, 7) is 5.33. The molecule has 2 N–H and O–H groups in total. The largest absolute Gasteiger partial charge is 0.508 e. The van der Waals surface area contributed by atoms with Gasteiger partial charge in [0.2, 0.25) is 11.8 Å².